The molecule has 1 saturated carbocycles. The molecule has 4 rings (SSSR count). The number of amides is 1. The maximum Gasteiger partial charge on any atom is 0.309 e. The number of carbonyl (C=O) groups is 2. The fourth-order valence-corrected chi connectivity index (χ4v) is 4.39. The Morgan fingerprint density at radius 2 is 1.71 bits per heavy atom. The van der Waals surface area contributed by atoms with Crippen LogP contribution in [0.5, 0.6) is 11.6 Å². The molecule has 0 unspecified atom stereocenters. The topological polar surface area (TPSA) is 77.5 Å². The molecule has 1 aromatic heterocycles. The molecule has 1 N–H and O–H groups in total. The molecule has 1 fully saturated rings. The average Bonchev–Trinajstić information content (AvgIpc) is 2.89. The maximum absolute atomic E-state index is 13.0. The summed E-state index contributed by atoms with van der Waals surface area (Å²) in [6, 6.07) is 20.8. The van der Waals surface area contributed by atoms with Gasteiger partial charge in [0.25, 0.3) is 5.91 Å². The first-order chi connectivity index (χ1) is 16.6. The van der Waals surface area contributed by atoms with E-state index in [9.17, 15) is 9.59 Å². The summed E-state index contributed by atoms with van der Waals surface area (Å²) in [4.78, 5) is 30.8. The highest BCUT2D eigenvalue weighted by Crippen LogP contribution is 2.28. The quantitative estimate of drug-likeness (QED) is 0.335. The van der Waals surface area contributed by atoms with Crippen molar-refractivity contribution in [1.82, 2.24) is 10.3 Å². The van der Waals surface area contributed by atoms with E-state index in [1.54, 1.807) is 30.1 Å². The van der Waals surface area contributed by atoms with Crippen molar-refractivity contribution in [2.24, 2.45) is 5.92 Å². The number of nitrogens with one attached hydrogen (secondary N) is 1. The van der Waals surface area contributed by atoms with Crippen LogP contribution in [-0.2, 0) is 16.1 Å². The van der Waals surface area contributed by atoms with Crippen LogP contribution in [0.15, 0.2) is 77.8 Å². The fraction of sp³-hybridized carbons (Fsp3) is 0.296. The summed E-state index contributed by atoms with van der Waals surface area (Å²) in [5.41, 5.74) is 1.37. The number of benzene rings is 2. The van der Waals surface area contributed by atoms with Crippen LogP contribution in [0.25, 0.3) is 0 Å². The minimum Gasteiger partial charge on any atom is -0.461 e. The average molecular weight is 477 g/mol. The van der Waals surface area contributed by atoms with Gasteiger partial charge in [0, 0.05) is 17.1 Å². The van der Waals surface area contributed by atoms with Crippen molar-refractivity contribution >= 4 is 23.6 Å². The Balaban J connectivity index is 1.29. The summed E-state index contributed by atoms with van der Waals surface area (Å²) < 4.78 is 11.4. The van der Waals surface area contributed by atoms with Gasteiger partial charge in [-0.3, -0.25) is 9.59 Å². The summed E-state index contributed by atoms with van der Waals surface area (Å²) in [6.07, 6.45) is 6.45. The van der Waals surface area contributed by atoms with Crippen molar-refractivity contribution in [1.29, 1.82) is 0 Å². The van der Waals surface area contributed by atoms with E-state index in [2.05, 4.69) is 10.3 Å². The standard InChI is InChI=1S/C27H28N2O4S/c1-34-23-15-13-22(14-16-23)33-26-24(8-5-17-28-26)25(30)29-21-11-9-20(10-12-21)27(31)32-18-19-6-3-2-4-7-19/h2-8,13-17,20-21H,9-12,18H2,1H3,(H,29,30)/t20-,21+. The number of carbonyl (C=O) groups excluding carboxylic acids is 2. The highest BCUT2D eigenvalue weighted by Gasteiger charge is 2.29. The number of aromatic nitrogens is 1. The second kappa shape index (κ2) is 11.7. The monoisotopic (exact) mass is 476 g/mol. The normalized spacial score (nSPS) is 17.6. The van der Waals surface area contributed by atoms with Crippen molar-refractivity contribution in [2.45, 2.75) is 43.2 Å². The molecule has 0 saturated heterocycles. The van der Waals surface area contributed by atoms with E-state index < -0.39 is 0 Å². The molecule has 0 aliphatic heterocycles. The van der Waals surface area contributed by atoms with Crippen molar-refractivity contribution in [3.8, 4) is 11.6 Å². The van der Waals surface area contributed by atoms with Crippen molar-refractivity contribution in [2.75, 3.05) is 6.26 Å². The number of rotatable bonds is 8. The molecule has 1 aliphatic carbocycles. The third-order valence-electron chi connectivity index (χ3n) is 5.91. The van der Waals surface area contributed by atoms with Gasteiger partial charge in [0.1, 0.15) is 17.9 Å². The summed E-state index contributed by atoms with van der Waals surface area (Å²) >= 11 is 1.65. The smallest absolute Gasteiger partial charge is 0.309 e. The number of hydrogen-bond donors (Lipinski definition) is 1. The Morgan fingerprint density at radius 3 is 2.41 bits per heavy atom. The molecule has 0 atom stereocenters. The van der Waals surface area contributed by atoms with Crippen LogP contribution in [0.3, 0.4) is 0 Å². The van der Waals surface area contributed by atoms with Crippen LogP contribution in [0, 0.1) is 5.92 Å². The Morgan fingerprint density at radius 1 is 0.971 bits per heavy atom. The molecule has 1 amide bonds. The summed E-state index contributed by atoms with van der Waals surface area (Å²) in [5, 5.41) is 3.08. The summed E-state index contributed by atoms with van der Waals surface area (Å²) in [6.45, 7) is 0.292. The van der Waals surface area contributed by atoms with Gasteiger partial charge < -0.3 is 14.8 Å². The Kier molecular flexibility index (Phi) is 8.20. The molecule has 1 heterocycles. The zero-order valence-electron chi connectivity index (χ0n) is 19.1. The van der Waals surface area contributed by atoms with Crippen molar-refractivity contribution < 1.29 is 19.1 Å². The molecule has 6 nitrogen and oxygen atoms in total. The molecule has 34 heavy (non-hydrogen) atoms. The minimum atomic E-state index is -0.223. The van der Waals surface area contributed by atoms with Crippen LogP contribution in [-0.4, -0.2) is 29.2 Å². The first-order valence-corrected chi connectivity index (χ1v) is 12.6. The summed E-state index contributed by atoms with van der Waals surface area (Å²) in [7, 11) is 0. The molecule has 1 aliphatic rings. The Labute approximate surface area is 204 Å². The van der Waals surface area contributed by atoms with E-state index in [1.807, 2.05) is 60.9 Å². The molecule has 7 heteroatoms. The van der Waals surface area contributed by atoms with E-state index in [1.165, 1.54) is 0 Å². The van der Waals surface area contributed by atoms with E-state index in [4.69, 9.17) is 9.47 Å². The minimum absolute atomic E-state index is 0.000378. The number of hydrogen-bond acceptors (Lipinski definition) is 6. The lowest BCUT2D eigenvalue weighted by atomic mass is 9.86. The zero-order valence-corrected chi connectivity index (χ0v) is 19.9. The number of ether oxygens (including phenoxy) is 2. The van der Waals surface area contributed by atoms with Crippen LogP contribution in [0.2, 0.25) is 0 Å². The van der Waals surface area contributed by atoms with Gasteiger partial charge in [-0.1, -0.05) is 30.3 Å². The molecular weight excluding hydrogens is 448 g/mol. The van der Waals surface area contributed by atoms with Gasteiger partial charge in [-0.2, -0.15) is 0 Å². The summed E-state index contributed by atoms with van der Waals surface area (Å²) in [5.74, 6) is 0.386. The molecule has 176 valence electrons. The third kappa shape index (κ3) is 6.38. The lowest BCUT2D eigenvalue weighted by Crippen LogP contribution is -2.39. The van der Waals surface area contributed by atoms with Crippen molar-refractivity contribution in [3.63, 3.8) is 0 Å². The first-order valence-electron chi connectivity index (χ1n) is 11.4. The Bertz CT molecular complexity index is 1100. The molecule has 0 bridgehead atoms. The number of esters is 1. The van der Waals surface area contributed by atoms with Crippen LogP contribution in [0.4, 0.5) is 0 Å². The van der Waals surface area contributed by atoms with Gasteiger partial charge in [-0.25, -0.2) is 4.98 Å². The van der Waals surface area contributed by atoms with E-state index in [-0.39, 0.29) is 29.7 Å². The number of pyridine rings is 1. The second-order valence-electron chi connectivity index (χ2n) is 8.25. The number of thioether (sulfide) groups is 1. The van der Waals surface area contributed by atoms with Gasteiger partial charge in [-0.15, -0.1) is 11.8 Å². The first kappa shape index (κ1) is 23.8. The SMILES string of the molecule is CSc1ccc(Oc2ncccc2C(=O)N[C@H]2CC[C@@H](C(=O)OCc3ccccc3)CC2)cc1. The van der Waals surface area contributed by atoms with E-state index in [0.717, 1.165) is 23.3 Å². The molecule has 2 aromatic carbocycles. The highest BCUT2D eigenvalue weighted by atomic mass is 32.2. The maximum atomic E-state index is 13.0. The van der Waals surface area contributed by atoms with E-state index >= 15 is 0 Å². The van der Waals surface area contributed by atoms with Crippen LogP contribution >= 0.6 is 11.8 Å². The molecule has 3 aromatic rings. The molecule has 0 radical (unpaired) electrons. The van der Waals surface area contributed by atoms with E-state index in [0.29, 0.717) is 30.8 Å². The van der Waals surface area contributed by atoms with Gasteiger partial charge in [0.2, 0.25) is 5.88 Å². The third-order valence-corrected chi connectivity index (χ3v) is 6.65. The lowest BCUT2D eigenvalue weighted by molar-refractivity contribution is -0.151. The highest BCUT2D eigenvalue weighted by molar-refractivity contribution is 7.98. The largest absolute Gasteiger partial charge is 0.461 e. The van der Waals surface area contributed by atoms with Gasteiger partial charge in [-0.05, 0) is 73.9 Å². The zero-order chi connectivity index (χ0) is 23.8. The Hall–Kier alpha value is -3.32. The van der Waals surface area contributed by atoms with Crippen LogP contribution < -0.4 is 10.1 Å². The van der Waals surface area contributed by atoms with Crippen molar-refractivity contribution in [3.05, 3.63) is 84.1 Å². The predicted molar refractivity (Wildman–Crippen MR) is 132 cm³/mol. The molecule has 0 spiro atoms. The van der Waals surface area contributed by atoms with Gasteiger partial charge >= 0.3 is 5.97 Å². The second-order valence-corrected chi connectivity index (χ2v) is 9.13. The van der Waals surface area contributed by atoms with Crippen LogP contribution in [0.1, 0.15) is 41.6 Å². The number of nitrogens with zero attached hydrogens (tertiary/aromatic N) is 1. The molecular formula is C27H28N2O4S. The fourth-order valence-electron chi connectivity index (χ4n) is 3.98. The predicted octanol–water partition coefficient (Wildman–Crippen LogP) is 5.63. The van der Waals surface area contributed by atoms with Gasteiger partial charge in [0.15, 0.2) is 0 Å². The lowest BCUT2D eigenvalue weighted by Gasteiger charge is -2.28. The van der Waals surface area contributed by atoms with Gasteiger partial charge in [0.05, 0.1) is 5.92 Å².